The standard InChI is InChI=1S/C60H38N2S/c1-2-13-39(14-3-1)40-25-32-44(33-26-40)62-56-22-10-8-19-51(56)55-37-42(29-36-57(55)62)41-27-30-43(31-28-41)61(58-23-12-21-53-52-20-9-11-24-59(52)63-60(53)58)45-34-35-50-48-17-5-4-15-46(48)47-16-6-7-18-49(47)54(50)38-45/h1-38H. The molecule has 0 radical (unpaired) electrons. The molecule has 0 N–H and O–H groups in total. The summed E-state index contributed by atoms with van der Waals surface area (Å²) >= 11 is 1.87. The second-order valence-electron chi connectivity index (χ2n) is 16.5. The number of aromatic nitrogens is 1. The molecule has 0 saturated heterocycles. The van der Waals surface area contributed by atoms with E-state index in [1.165, 1.54) is 102 Å². The molecular weight excluding hydrogens is 781 g/mol. The molecule has 0 aliphatic rings. The summed E-state index contributed by atoms with van der Waals surface area (Å²) in [5, 5.41) is 12.7. The summed E-state index contributed by atoms with van der Waals surface area (Å²) in [6, 6.07) is 84.7. The fraction of sp³-hybridized carbons (Fsp3) is 0. The molecule has 0 fully saturated rings. The molecule has 0 unspecified atom stereocenters. The average molecular weight is 819 g/mol. The maximum atomic E-state index is 2.46. The van der Waals surface area contributed by atoms with Gasteiger partial charge in [0.05, 0.1) is 21.4 Å². The summed E-state index contributed by atoms with van der Waals surface area (Å²) in [6.07, 6.45) is 0. The number of hydrogen-bond acceptors (Lipinski definition) is 2. The molecule has 0 saturated carbocycles. The lowest BCUT2D eigenvalue weighted by molar-refractivity contribution is 1.18. The molecule has 2 heterocycles. The maximum absolute atomic E-state index is 2.46. The lowest BCUT2D eigenvalue weighted by Crippen LogP contribution is -2.10. The molecule has 0 aliphatic carbocycles. The minimum Gasteiger partial charge on any atom is -0.309 e. The Morgan fingerprint density at radius 2 is 0.825 bits per heavy atom. The van der Waals surface area contributed by atoms with Gasteiger partial charge in [-0.25, -0.2) is 0 Å². The third-order valence-corrected chi connectivity index (χ3v) is 14.2. The van der Waals surface area contributed by atoms with E-state index in [0.29, 0.717) is 0 Å². The quantitative estimate of drug-likeness (QED) is 0.152. The number of fused-ring (bicyclic) bond motifs is 12. The van der Waals surface area contributed by atoms with Crippen molar-refractivity contribution in [1.29, 1.82) is 0 Å². The number of benzene rings is 11. The van der Waals surface area contributed by atoms with Gasteiger partial charge < -0.3 is 9.47 Å². The van der Waals surface area contributed by atoms with Gasteiger partial charge in [0, 0.05) is 43.3 Å². The molecule has 0 aliphatic heterocycles. The van der Waals surface area contributed by atoms with Crippen molar-refractivity contribution in [2.24, 2.45) is 0 Å². The van der Waals surface area contributed by atoms with Crippen LogP contribution in [0.15, 0.2) is 231 Å². The van der Waals surface area contributed by atoms with Crippen molar-refractivity contribution in [2.75, 3.05) is 4.90 Å². The Kier molecular flexibility index (Phi) is 8.12. The first-order valence-corrected chi connectivity index (χ1v) is 22.4. The summed E-state index contributed by atoms with van der Waals surface area (Å²) < 4.78 is 4.98. The van der Waals surface area contributed by atoms with E-state index >= 15 is 0 Å². The highest BCUT2D eigenvalue weighted by molar-refractivity contribution is 7.26. The Morgan fingerprint density at radius 3 is 1.57 bits per heavy atom. The first-order chi connectivity index (χ1) is 31.2. The van der Waals surface area contributed by atoms with Crippen LogP contribution in [0, 0.1) is 0 Å². The Labute approximate surface area is 368 Å². The molecule has 0 amide bonds. The van der Waals surface area contributed by atoms with E-state index in [1.807, 2.05) is 11.3 Å². The van der Waals surface area contributed by atoms with Crippen LogP contribution in [0.3, 0.4) is 0 Å². The van der Waals surface area contributed by atoms with E-state index in [-0.39, 0.29) is 0 Å². The van der Waals surface area contributed by atoms with Crippen molar-refractivity contribution in [3.8, 4) is 27.9 Å². The van der Waals surface area contributed by atoms with Crippen LogP contribution in [-0.4, -0.2) is 4.57 Å². The Bertz CT molecular complexity index is 3860. The van der Waals surface area contributed by atoms with Crippen LogP contribution in [0.2, 0.25) is 0 Å². The average Bonchev–Trinajstić information content (AvgIpc) is 3.91. The van der Waals surface area contributed by atoms with E-state index in [2.05, 4.69) is 240 Å². The Morgan fingerprint density at radius 1 is 0.302 bits per heavy atom. The van der Waals surface area contributed by atoms with E-state index in [0.717, 1.165) is 17.1 Å². The summed E-state index contributed by atoms with van der Waals surface area (Å²) in [5.74, 6) is 0. The molecule has 0 atom stereocenters. The van der Waals surface area contributed by atoms with Gasteiger partial charge in [0.25, 0.3) is 0 Å². The molecule has 13 aromatic rings. The summed E-state index contributed by atoms with van der Waals surface area (Å²) in [7, 11) is 0. The lowest BCUT2D eigenvalue weighted by atomic mass is 9.94. The molecule has 0 spiro atoms. The monoisotopic (exact) mass is 818 g/mol. The number of hydrogen-bond donors (Lipinski definition) is 0. The summed E-state index contributed by atoms with van der Waals surface area (Å²) in [4.78, 5) is 2.46. The molecule has 294 valence electrons. The van der Waals surface area contributed by atoms with E-state index < -0.39 is 0 Å². The van der Waals surface area contributed by atoms with Gasteiger partial charge in [-0.3, -0.25) is 0 Å². The fourth-order valence-electron chi connectivity index (χ4n) is 10.0. The smallest absolute Gasteiger partial charge is 0.0640 e. The molecule has 2 nitrogen and oxygen atoms in total. The maximum Gasteiger partial charge on any atom is 0.0640 e. The van der Waals surface area contributed by atoms with Crippen LogP contribution < -0.4 is 4.90 Å². The van der Waals surface area contributed by atoms with Crippen LogP contribution in [0.5, 0.6) is 0 Å². The normalized spacial score (nSPS) is 11.8. The van der Waals surface area contributed by atoms with Crippen LogP contribution in [0.1, 0.15) is 0 Å². The predicted molar refractivity (Wildman–Crippen MR) is 272 cm³/mol. The van der Waals surface area contributed by atoms with Gasteiger partial charge in [-0.1, -0.05) is 164 Å². The van der Waals surface area contributed by atoms with Gasteiger partial charge in [0.1, 0.15) is 0 Å². The third kappa shape index (κ3) is 5.71. The minimum atomic E-state index is 1.12. The Hall–Kier alpha value is -7.98. The highest BCUT2D eigenvalue weighted by Gasteiger charge is 2.20. The SMILES string of the molecule is c1ccc(-c2ccc(-n3c4ccccc4c4cc(-c5ccc(N(c6ccc7c8ccccc8c8ccccc8c7c6)c6cccc7c6sc6ccccc67)cc5)ccc43)cc2)cc1. The minimum absolute atomic E-state index is 1.12. The zero-order valence-electron chi connectivity index (χ0n) is 34.2. The highest BCUT2D eigenvalue weighted by atomic mass is 32.1. The topological polar surface area (TPSA) is 8.17 Å². The molecule has 13 rings (SSSR count). The van der Waals surface area contributed by atoms with Gasteiger partial charge in [-0.05, 0) is 121 Å². The lowest BCUT2D eigenvalue weighted by Gasteiger charge is -2.27. The molecular formula is C60H38N2S. The molecule has 63 heavy (non-hydrogen) atoms. The van der Waals surface area contributed by atoms with Gasteiger partial charge in [-0.15, -0.1) is 11.3 Å². The zero-order chi connectivity index (χ0) is 41.4. The second kappa shape index (κ2) is 14.3. The molecule has 2 aromatic heterocycles. The number of thiophene rings is 1. The van der Waals surface area contributed by atoms with Gasteiger partial charge in [0.2, 0.25) is 0 Å². The van der Waals surface area contributed by atoms with Gasteiger partial charge in [-0.2, -0.15) is 0 Å². The van der Waals surface area contributed by atoms with E-state index in [1.54, 1.807) is 0 Å². The second-order valence-corrected chi connectivity index (χ2v) is 17.5. The first kappa shape index (κ1) is 35.7. The Balaban J connectivity index is 0.951. The van der Waals surface area contributed by atoms with Crippen molar-refractivity contribution < 1.29 is 0 Å². The molecule has 3 heteroatoms. The molecule has 0 bridgehead atoms. The fourth-order valence-corrected chi connectivity index (χ4v) is 11.2. The largest absolute Gasteiger partial charge is 0.309 e. The number of nitrogens with zero attached hydrogens (tertiary/aromatic N) is 2. The predicted octanol–water partition coefficient (Wildman–Crippen LogP) is 17.4. The number of rotatable bonds is 6. The summed E-state index contributed by atoms with van der Waals surface area (Å²) in [6.45, 7) is 0. The molecule has 11 aromatic carbocycles. The van der Waals surface area contributed by atoms with E-state index in [9.17, 15) is 0 Å². The van der Waals surface area contributed by atoms with Crippen LogP contribution in [0.4, 0.5) is 17.1 Å². The first-order valence-electron chi connectivity index (χ1n) is 21.6. The van der Waals surface area contributed by atoms with Crippen molar-refractivity contribution >= 4 is 103 Å². The highest BCUT2D eigenvalue weighted by Crippen LogP contribution is 2.47. The van der Waals surface area contributed by atoms with Crippen LogP contribution >= 0.6 is 11.3 Å². The third-order valence-electron chi connectivity index (χ3n) is 13.0. The zero-order valence-corrected chi connectivity index (χ0v) is 35.1. The van der Waals surface area contributed by atoms with Crippen molar-refractivity contribution in [1.82, 2.24) is 4.57 Å². The van der Waals surface area contributed by atoms with Crippen molar-refractivity contribution in [3.63, 3.8) is 0 Å². The van der Waals surface area contributed by atoms with Crippen LogP contribution in [0.25, 0.3) is 102 Å². The number of anilines is 3. The van der Waals surface area contributed by atoms with Gasteiger partial charge >= 0.3 is 0 Å². The summed E-state index contributed by atoms with van der Waals surface area (Å²) in [5.41, 5.74) is 11.8. The van der Waals surface area contributed by atoms with Crippen molar-refractivity contribution in [3.05, 3.63) is 231 Å². The van der Waals surface area contributed by atoms with Crippen LogP contribution in [-0.2, 0) is 0 Å². The number of para-hydroxylation sites is 1. The van der Waals surface area contributed by atoms with Crippen molar-refractivity contribution in [2.45, 2.75) is 0 Å². The van der Waals surface area contributed by atoms with E-state index in [4.69, 9.17) is 0 Å². The van der Waals surface area contributed by atoms with Gasteiger partial charge in [0.15, 0.2) is 0 Å².